The Morgan fingerprint density at radius 1 is 1.05 bits per heavy atom. The summed E-state index contributed by atoms with van der Waals surface area (Å²) in [6.45, 7) is 4.53. The molecule has 2 N–H and O–H groups in total. The van der Waals surface area contributed by atoms with E-state index in [-0.39, 0.29) is 0 Å². The fourth-order valence-corrected chi connectivity index (χ4v) is 2.57. The largest absolute Gasteiger partial charge is 0.383 e. The summed E-state index contributed by atoms with van der Waals surface area (Å²) in [5.74, 6) is 0. The molecule has 0 aliphatic carbocycles. The van der Waals surface area contributed by atoms with E-state index in [1.54, 1.807) is 6.20 Å². The third-order valence-corrected chi connectivity index (χ3v) is 3.85. The SMILES string of the molecule is CCCCCCCC(C)Nc1ccc(-c2ccn[nH]2)cc1. The van der Waals surface area contributed by atoms with Gasteiger partial charge in [0, 0.05) is 17.9 Å². The van der Waals surface area contributed by atoms with E-state index in [0.717, 1.165) is 5.69 Å². The maximum Gasteiger partial charge on any atom is 0.0650 e. The quantitative estimate of drug-likeness (QED) is 0.619. The summed E-state index contributed by atoms with van der Waals surface area (Å²) in [6, 6.07) is 11.1. The fourth-order valence-electron chi connectivity index (χ4n) is 2.57. The molecule has 114 valence electrons. The Kier molecular flexibility index (Phi) is 6.32. The van der Waals surface area contributed by atoms with Crippen LogP contribution in [0.4, 0.5) is 5.69 Å². The highest BCUT2D eigenvalue weighted by Crippen LogP contribution is 2.20. The predicted octanol–water partition coefficient (Wildman–Crippen LogP) is 5.24. The standard InChI is InChI=1S/C18H27N3/c1-3-4-5-6-7-8-15(2)20-17-11-9-16(10-12-17)18-13-14-19-21-18/h9-15,20H,3-8H2,1-2H3,(H,19,21). The van der Waals surface area contributed by atoms with Crippen molar-refractivity contribution in [3.8, 4) is 11.3 Å². The molecule has 1 heterocycles. The number of nitrogens with zero attached hydrogens (tertiary/aromatic N) is 1. The van der Waals surface area contributed by atoms with E-state index in [1.807, 2.05) is 6.07 Å². The average molecular weight is 285 g/mol. The lowest BCUT2D eigenvalue weighted by atomic mass is 10.1. The van der Waals surface area contributed by atoms with E-state index in [4.69, 9.17) is 0 Å². The van der Waals surface area contributed by atoms with Gasteiger partial charge in [0.1, 0.15) is 0 Å². The summed E-state index contributed by atoms with van der Waals surface area (Å²) in [7, 11) is 0. The molecule has 1 aromatic carbocycles. The number of anilines is 1. The third kappa shape index (κ3) is 5.25. The Balaban J connectivity index is 1.75. The Hall–Kier alpha value is -1.77. The molecule has 3 nitrogen and oxygen atoms in total. The van der Waals surface area contributed by atoms with Crippen molar-refractivity contribution in [2.45, 2.75) is 58.4 Å². The molecule has 1 aromatic heterocycles. The highest BCUT2D eigenvalue weighted by molar-refractivity contribution is 5.62. The van der Waals surface area contributed by atoms with E-state index in [0.29, 0.717) is 6.04 Å². The molecule has 0 aliphatic rings. The lowest BCUT2D eigenvalue weighted by Crippen LogP contribution is -2.14. The highest BCUT2D eigenvalue weighted by atomic mass is 15.1. The van der Waals surface area contributed by atoms with Crippen molar-refractivity contribution in [3.63, 3.8) is 0 Å². The highest BCUT2D eigenvalue weighted by Gasteiger charge is 2.03. The zero-order chi connectivity index (χ0) is 14.9. The van der Waals surface area contributed by atoms with Gasteiger partial charge in [0.25, 0.3) is 0 Å². The Morgan fingerprint density at radius 3 is 2.48 bits per heavy atom. The first-order valence-corrected chi connectivity index (χ1v) is 8.16. The summed E-state index contributed by atoms with van der Waals surface area (Å²) in [5, 5.41) is 10.6. The molecule has 0 radical (unpaired) electrons. The van der Waals surface area contributed by atoms with Crippen LogP contribution in [0.15, 0.2) is 36.5 Å². The molecule has 1 atom stereocenters. The number of nitrogens with one attached hydrogen (secondary N) is 2. The molecule has 0 amide bonds. The van der Waals surface area contributed by atoms with Gasteiger partial charge in [-0.1, -0.05) is 51.2 Å². The van der Waals surface area contributed by atoms with Crippen LogP contribution in [0.2, 0.25) is 0 Å². The smallest absolute Gasteiger partial charge is 0.0650 e. The molecular formula is C18H27N3. The first-order valence-electron chi connectivity index (χ1n) is 8.16. The molecule has 21 heavy (non-hydrogen) atoms. The van der Waals surface area contributed by atoms with Crippen LogP contribution in [-0.2, 0) is 0 Å². The second kappa shape index (κ2) is 8.50. The van der Waals surface area contributed by atoms with Crippen LogP contribution in [-0.4, -0.2) is 16.2 Å². The van der Waals surface area contributed by atoms with Crippen LogP contribution in [0.1, 0.15) is 52.4 Å². The normalized spacial score (nSPS) is 12.3. The van der Waals surface area contributed by atoms with Crippen molar-refractivity contribution in [2.75, 3.05) is 5.32 Å². The maximum atomic E-state index is 3.98. The number of rotatable bonds is 9. The molecule has 2 aromatic rings. The van der Waals surface area contributed by atoms with E-state index in [1.165, 1.54) is 49.8 Å². The minimum absolute atomic E-state index is 0.532. The topological polar surface area (TPSA) is 40.7 Å². The van der Waals surface area contributed by atoms with Crippen molar-refractivity contribution in [3.05, 3.63) is 36.5 Å². The van der Waals surface area contributed by atoms with E-state index >= 15 is 0 Å². The van der Waals surface area contributed by atoms with Gasteiger partial charge in [-0.2, -0.15) is 5.10 Å². The third-order valence-electron chi connectivity index (χ3n) is 3.85. The summed E-state index contributed by atoms with van der Waals surface area (Å²) < 4.78 is 0. The summed E-state index contributed by atoms with van der Waals surface area (Å²) in [4.78, 5) is 0. The van der Waals surface area contributed by atoms with Gasteiger partial charge in [-0.05, 0) is 37.1 Å². The van der Waals surface area contributed by atoms with Crippen molar-refractivity contribution >= 4 is 5.69 Å². The van der Waals surface area contributed by atoms with Crippen LogP contribution < -0.4 is 5.32 Å². The molecule has 0 saturated carbocycles. The Labute approximate surface area is 128 Å². The van der Waals surface area contributed by atoms with Gasteiger partial charge in [-0.3, -0.25) is 5.10 Å². The number of hydrogen-bond acceptors (Lipinski definition) is 2. The van der Waals surface area contributed by atoms with Crippen LogP contribution in [0.25, 0.3) is 11.3 Å². The summed E-state index contributed by atoms with van der Waals surface area (Å²) >= 11 is 0. The monoisotopic (exact) mass is 285 g/mol. The van der Waals surface area contributed by atoms with Gasteiger partial charge in [0.15, 0.2) is 0 Å². The first-order chi connectivity index (χ1) is 10.3. The van der Waals surface area contributed by atoms with Crippen molar-refractivity contribution in [2.24, 2.45) is 0 Å². The molecule has 0 fully saturated rings. The van der Waals surface area contributed by atoms with Gasteiger partial charge in [-0.15, -0.1) is 0 Å². The number of hydrogen-bond donors (Lipinski definition) is 2. The molecular weight excluding hydrogens is 258 g/mol. The van der Waals surface area contributed by atoms with E-state index < -0.39 is 0 Å². The minimum atomic E-state index is 0.532. The number of aromatic nitrogens is 2. The number of unbranched alkanes of at least 4 members (excludes halogenated alkanes) is 4. The van der Waals surface area contributed by atoms with Crippen LogP contribution in [0, 0.1) is 0 Å². The van der Waals surface area contributed by atoms with Gasteiger partial charge >= 0.3 is 0 Å². The fraction of sp³-hybridized carbons (Fsp3) is 0.500. The molecule has 1 unspecified atom stereocenters. The van der Waals surface area contributed by atoms with Gasteiger partial charge in [0.2, 0.25) is 0 Å². The number of benzene rings is 1. The van der Waals surface area contributed by atoms with Gasteiger partial charge in [0.05, 0.1) is 5.69 Å². The summed E-state index contributed by atoms with van der Waals surface area (Å²) in [6.07, 6.45) is 9.77. The minimum Gasteiger partial charge on any atom is -0.383 e. The second-order valence-corrected chi connectivity index (χ2v) is 5.80. The van der Waals surface area contributed by atoms with Crippen molar-refractivity contribution < 1.29 is 0 Å². The van der Waals surface area contributed by atoms with Crippen LogP contribution in [0.5, 0.6) is 0 Å². The van der Waals surface area contributed by atoms with Crippen molar-refractivity contribution in [1.82, 2.24) is 10.2 Å². The molecule has 0 spiro atoms. The van der Waals surface area contributed by atoms with Gasteiger partial charge < -0.3 is 5.32 Å². The average Bonchev–Trinajstić information content (AvgIpc) is 3.02. The molecule has 2 rings (SSSR count). The second-order valence-electron chi connectivity index (χ2n) is 5.80. The van der Waals surface area contributed by atoms with E-state index in [2.05, 4.69) is 53.6 Å². The lowest BCUT2D eigenvalue weighted by molar-refractivity contribution is 0.578. The Morgan fingerprint density at radius 2 is 1.81 bits per heavy atom. The number of aromatic amines is 1. The van der Waals surface area contributed by atoms with E-state index in [9.17, 15) is 0 Å². The van der Waals surface area contributed by atoms with Gasteiger partial charge in [-0.25, -0.2) is 0 Å². The molecule has 3 heteroatoms. The first kappa shape index (κ1) is 15.6. The molecule has 0 bridgehead atoms. The van der Waals surface area contributed by atoms with Crippen LogP contribution in [0.3, 0.4) is 0 Å². The zero-order valence-corrected chi connectivity index (χ0v) is 13.2. The molecule has 0 aliphatic heterocycles. The lowest BCUT2D eigenvalue weighted by Gasteiger charge is -2.15. The molecule has 0 saturated heterocycles. The maximum absolute atomic E-state index is 3.98. The zero-order valence-electron chi connectivity index (χ0n) is 13.2. The predicted molar refractivity (Wildman–Crippen MR) is 90.5 cm³/mol. The van der Waals surface area contributed by atoms with Crippen LogP contribution >= 0.6 is 0 Å². The Bertz CT molecular complexity index is 488. The number of H-pyrrole nitrogens is 1. The summed E-state index contributed by atoms with van der Waals surface area (Å²) in [5.41, 5.74) is 3.43. The van der Waals surface area contributed by atoms with Crippen molar-refractivity contribution in [1.29, 1.82) is 0 Å².